The van der Waals surface area contributed by atoms with Crippen LogP contribution in [0.1, 0.15) is 10.4 Å². The van der Waals surface area contributed by atoms with Gasteiger partial charge in [0.2, 0.25) is 0 Å². The van der Waals surface area contributed by atoms with Crippen molar-refractivity contribution in [3.05, 3.63) is 66.2 Å². The van der Waals surface area contributed by atoms with Gasteiger partial charge in [0, 0.05) is 38.5 Å². The molecule has 0 aliphatic rings. The van der Waals surface area contributed by atoms with Gasteiger partial charge in [0.1, 0.15) is 0 Å². The number of carboxylic acids is 1. The molecule has 0 saturated heterocycles. The molecule has 1 radical (unpaired) electrons. The Kier molecular flexibility index (Phi) is 8.29. The maximum atomic E-state index is 10.2. The minimum absolute atomic E-state index is 0. The summed E-state index contributed by atoms with van der Waals surface area (Å²) in [6, 6.07) is 18.1. The molecule has 0 saturated carbocycles. The van der Waals surface area contributed by atoms with Crippen LogP contribution < -0.4 is 0 Å². The van der Waals surface area contributed by atoms with Gasteiger partial charge in [-0.25, -0.2) is 4.79 Å². The molecular weight excluding hydrogens is 293 g/mol. The van der Waals surface area contributed by atoms with Crippen LogP contribution >= 0.6 is 0 Å². The number of rotatable bonds is 1. The van der Waals surface area contributed by atoms with Gasteiger partial charge in [-0.05, 0) is 5.56 Å². The van der Waals surface area contributed by atoms with E-state index in [1.54, 1.807) is 36.4 Å². The van der Waals surface area contributed by atoms with E-state index in [2.05, 4.69) is 12.1 Å². The molecule has 0 heterocycles. The molecular formula is C13H10O3Y-2. The van der Waals surface area contributed by atoms with Crippen LogP contribution in [0, 0.1) is 12.1 Å². The zero-order chi connectivity index (χ0) is 11.8. The van der Waals surface area contributed by atoms with Gasteiger partial charge < -0.3 is 10.2 Å². The number of hydrogen-bond donors (Lipinski definition) is 2. The summed E-state index contributed by atoms with van der Waals surface area (Å²) < 4.78 is 0. The number of benzene rings is 2. The molecule has 2 aromatic rings. The third-order valence-electron chi connectivity index (χ3n) is 1.67. The van der Waals surface area contributed by atoms with Gasteiger partial charge in [0.15, 0.2) is 0 Å². The van der Waals surface area contributed by atoms with Crippen molar-refractivity contribution in [1.82, 2.24) is 0 Å². The number of carboxylic acid groups (broad SMARTS) is 1. The third kappa shape index (κ3) is 6.87. The molecule has 0 amide bonds. The fourth-order valence-electron chi connectivity index (χ4n) is 0.908. The summed E-state index contributed by atoms with van der Waals surface area (Å²) in [5.41, 5.74) is 0.300. The van der Waals surface area contributed by atoms with Gasteiger partial charge in [-0.3, -0.25) is 0 Å². The van der Waals surface area contributed by atoms with Gasteiger partial charge in [0.05, 0.1) is 0 Å². The van der Waals surface area contributed by atoms with Crippen molar-refractivity contribution in [3.8, 4) is 5.75 Å². The molecule has 0 aliphatic heterocycles. The second kappa shape index (κ2) is 8.91. The third-order valence-corrected chi connectivity index (χ3v) is 1.67. The molecule has 2 rings (SSSR count). The van der Waals surface area contributed by atoms with Crippen LogP contribution in [0.2, 0.25) is 0 Å². The standard InChI is InChI=1S/C7H5O2.C6H5O.Y/c8-7(9)6-4-2-1-3-5-6;7-6-4-2-1-3-5-6;/h2-5H,(H,8,9);2-5,7H;/q2*-1;. The van der Waals surface area contributed by atoms with Crippen LogP contribution in [0.4, 0.5) is 0 Å². The smallest absolute Gasteiger partial charge is 0.311 e. The summed E-state index contributed by atoms with van der Waals surface area (Å²) in [6.07, 6.45) is 0. The maximum absolute atomic E-state index is 10.2. The summed E-state index contributed by atoms with van der Waals surface area (Å²) >= 11 is 0. The van der Waals surface area contributed by atoms with Crippen molar-refractivity contribution in [2.24, 2.45) is 0 Å². The Morgan fingerprint density at radius 2 is 1.35 bits per heavy atom. The number of aromatic hydroxyl groups is 1. The molecule has 85 valence electrons. The summed E-state index contributed by atoms with van der Waals surface area (Å²) in [5.74, 6) is -0.609. The van der Waals surface area contributed by atoms with E-state index in [1.807, 2.05) is 0 Å². The van der Waals surface area contributed by atoms with Gasteiger partial charge >= 0.3 is 5.97 Å². The van der Waals surface area contributed by atoms with Crippen molar-refractivity contribution in [2.45, 2.75) is 0 Å². The summed E-state index contributed by atoms with van der Waals surface area (Å²) in [5, 5.41) is 17.0. The van der Waals surface area contributed by atoms with Crippen LogP contribution in [0.15, 0.2) is 48.5 Å². The van der Waals surface area contributed by atoms with Crippen LogP contribution in [0.3, 0.4) is 0 Å². The van der Waals surface area contributed by atoms with Crippen molar-refractivity contribution in [2.75, 3.05) is 0 Å². The van der Waals surface area contributed by atoms with Gasteiger partial charge in [0.25, 0.3) is 0 Å². The predicted molar refractivity (Wildman–Crippen MR) is 59.2 cm³/mol. The summed E-state index contributed by atoms with van der Waals surface area (Å²) in [4.78, 5) is 10.2. The van der Waals surface area contributed by atoms with Gasteiger partial charge in [-0.2, -0.15) is 48.5 Å². The van der Waals surface area contributed by atoms with E-state index in [0.717, 1.165) is 0 Å². The largest absolute Gasteiger partial charge is 0.533 e. The van der Waals surface area contributed by atoms with Crippen LogP contribution in [0.5, 0.6) is 5.75 Å². The Balaban J connectivity index is 0.000000292. The molecule has 3 nitrogen and oxygen atoms in total. The molecule has 2 aromatic carbocycles. The topological polar surface area (TPSA) is 57.5 Å². The summed E-state index contributed by atoms with van der Waals surface area (Å²) in [6.45, 7) is 0. The number of hydrogen-bond acceptors (Lipinski definition) is 2. The minimum Gasteiger partial charge on any atom is -0.533 e. The molecule has 0 atom stereocenters. The first kappa shape index (κ1) is 15.8. The first-order valence-electron chi connectivity index (χ1n) is 4.54. The van der Waals surface area contributed by atoms with Gasteiger partial charge in [-0.15, -0.1) is 12.1 Å². The van der Waals surface area contributed by atoms with E-state index >= 15 is 0 Å². The van der Waals surface area contributed by atoms with E-state index in [0.29, 0.717) is 11.3 Å². The Morgan fingerprint density at radius 3 is 1.59 bits per heavy atom. The van der Waals surface area contributed by atoms with Crippen molar-refractivity contribution in [1.29, 1.82) is 0 Å². The number of carbonyl (C=O) groups is 1. The fraction of sp³-hybridized carbons (Fsp3) is 0. The second-order valence-electron chi connectivity index (χ2n) is 2.85. The number of aromatic carboxylic acids is 1. The average molecular weight is 303 g/mol. The van der Waals surface area contributed by atoms with Crippen molar-refractivity contribution < 1.29 is 47.7 Å². The van der Waals surface area contributed by atoms with E-state index in [4.69, 9.17) is 10.2 Å². The molecule has 0 unspecified atom stereocenters. The van der Waals surface area contributed by atoms with E-state index in [9.17, 15) is 4.79 Å². The minimum atomic E-state index is -0.899. The van der Waals surface area contributed by atoms with E-state index < -0.39 is 5.97 Å². The number of phenolic OH excluding ortho intramolecular Hbond substituents is 1. The first-order valence-corrected chi connectivity index (χ1v) is 4.54. The Morgan fingerprint density at radius 1 is 0.941 bits per heavy atom. The quantitative estimate of drug-likeness (QED) is 0.795. The molecule has 0 aromatic heterocycles. The average Bonchev–Trinajstić information content (AvgIpc) is 2.32. The van der Waals surface area contributed by atoms with Crippen molar-refractivity contribution >= 4 is 5.97 Å². The Hall–Kier alpha value is -1.19. The van der Waals surface area contributed by atoms with E-state index in [1.165, 1.54) is 12.1 Å². The predicted octanol–water partition coefficient (Wildman–Crippen LogP) is 2.37. The Bertz CT molecular complexity index is 429. The molecule has 0 spiro atoms. The monoisotopic (exact) mass is 303 g/mol. The summed E-state index contributed by atoms with van der Waals surface area (Å²) in [7, 11) is 0. The van der Waals surface area contributed by atoms with E-state index in [-0.39, 0.29) is 32.7 Å². The van der Waals surface area contributed by atoms with Crippen molar-refractivity contribution in [3.63, 3.8) is 0 Å². The first-order chi connectivity index (χ1) is 7.70. The molecule has 2 N–H and O–H groups in total. The molecule has 0 aliphatic carbocycles. The number of phenols is 1. The zero-order valence-electron chi connectivity index (χ0n) is 9.00. The normalized spacial score (nSPS) is 8.24. The molecule has 0 fully saturated rings. The Labute approximate surface area is 125 Å². The van der Waals surface area contributed by atoms with Crippen LogP contribution in [-0.2, 0) is 32.7 Å². The van der Waals surface area contributed by atoms with Crippen LogP contribution in [-0.4, -0.2) is 16.2 Å². The SMILES string of the molecule is O=C(O)c1cc[c-]cc1.Oc1cc[c-]cc1.[Y]. The maximum Gasteiger partial charge on any atom is 0.311 e. The molecule has 4 heteroatoms. The van der Waals surface area contributed by atoms with Gasteiger partial charge in [-0.1, -0.05) is 0 Å². The molecule has 0 bridgehead atoms. The van der Waals surface area contributed by atoms with Crippen LogP contribution in [0.25, 0.3) is 0 Å². The second-order valence-corrected chi connectivity index (χ2v) is 2.85. The fourth-order valence-corrected chi connectivity index (χ4v) is 0.908. The zero-order valence-corrected chi connectivity index (χ0v) is 11.8. The molecule has 17 heavy (non-hydrogen) atoms.